The Morgan fingerprint density at radius 2 is 1.18 bits per heavy atom. The Bertz CT molecular complexity index is 630. The molecule has 1 nitrogen and oxygen atoms in total. The second-order valence-corrected chi connectivity index (χ2v) is 13.7. The Morgan fingerprint density at radius 3 is 1.57 bits per heavy atom. The zero-order valence-corrected chi connectivity index (χ0v) is 21.8. The van der Waals surface area contributed by atoms with Crippen molar-refractivity contribution in [2.45, 2.75) is 41.5 Å². The fourth-order valence-electron chi connectivity index (χ4n) is 2.76. The first-order valence-corrected chi connectivity index (χ1v) is 15.8. The molecule has 0 aliphatic rings. The molecule has 0 aliphatic carbocycles. The molecule has 0 aromatic heterocycles. The number of rotatable bonds is 8. The van der Waals surface area contributed by atoms with Crippen molar-refractivity contribution in [1.29, 1.82) is 0 Å². The summed E-state index contributed by atoms with van der Waals surface area (Å²) < 4.78 is -0.0871. The van der Waals surface area contributed by atoms with Crippen LogP contribution in [0, 0.1) is 0 Å². The third-order valence-corrected chi connectivity index (χ3v) is 11.0. The van der Waals surface area contributed by atoms with Crippen molar-refractivity contribution in [2.75, 3.05) is 37.0 Å². The van der Waals surface area contributed by atoms with E-state index in [1.54, 1.807) is 6.07 Å². The molecule has 0 heterocycles. The van der Waals surface area contributed by atoms with Crippen LogP contribution in [0.5, 0.6) is 0 Å². The zero-order valence-electron chi connectivity index (χ0n) is 18.3. The molecule has 0 amide bonds. The molecule has 0 N–H and O–H groups in total. The van der Waals surface area contributed by atoms with Gasteiger partial charge in [-0.2, -0.15) is 0 Å². The molecule has 162 valence electrons. The van der Waals surface area contributed by atoms with Crippen LogP contribution in [0.2, 0.25) is 0 Å². The van der Waals surface area contributed by atoms with E-state index in [1.807, 2.05) is 36.4 Å². The summed E-state index contributed by atoms with van der Waals surface area (Å²) in [7, 11) is 6.37. The Morgan fingerprint density at radius 1 is 0.750 bits per heavy atom. The molecule has 0 bridgehead atoms. The fourth-order valence-corrected chi connectivity index (χ4v) is 6.02. The monoisotopic (exact) mass is 484 g/mol. The number of benzene rings is 2. The van der Waals surface area contributed by atoms with Crippen LogP contribution in [0.1, 0.15) is 51.9 Å². The van der Waals surface area contributed by atoms with Crippen molar-refractivity contribution in [3.05, 3.63) is 48.0 Å². The Balaban J connectivity index is 0.000000444. The molecule has 0 unspecified atom stereocenters. The molecule has 2 rings (SSSR count). The van der Waals surface area contributed by atoms with Gasteiger partial charge in [-0.3, -0.25) is 0 Å². The fraction of sp³-hybridized carbons (Fsp3) is 0.522. The number of halogens is 1. The maximum atomic E-state index is 11.5. The summed E-state index contributed by atoms with van der Waals surface area (Å²) in [6.07, 6.45) is 8.51. The summed E-state index contributed by atoms with van der Waals surface area (Å²) in [6, 6.07) is 13.4. The van der Waals surface area contributed by atoms with Crippen LogP contribution in [0.15, 0.2) is 42.5 Å². The molecule has 0 atom stereocenters. The van der Waals surface area contributed by atoms with Gasteiger partial charge in [-0.25, -0.2) is 0 Å². The summed E-state index contributed by atoms with van der Waals surface area (Å²) in [5, 5.41) is 2.02. The standard InChI is InChI=1S/C11H7O.2C6H15P.ClH.Ni/c12-8-10-6-3-5-9-4-1-2-7-11(9)10;2*1-4-7(5-2)6-3;;/h1-7H;2*4-6H2,1-3H3;1H;/q;;;;+1/p-1. The van der Waals surface area contributed by atoms with Gasteiger partial charge in [0.1, 0.15) is 0 Å². The van der Waals surface area contributed by atoms with Gasteiger partial charge in [0, 0.05) is 0 Å². The minimum absolute atomic E-state index is 0.0871. The normalized spacial score (nSPS) is 10.5. The molecular formula is C23H37ClNiOP2. The molecule has 0 aliphatic heterocycles. The van der Waals surface area contributed by atoms with E-state index in [4.69, 9.17) is 10.2 Å². The van der Waals surface area contributed by atoms with Crippen molar-refractivity contribution in [3.8, 4) is 0 Å². The molecular weight excluding hydrogens is 448 g/mol. The van der Waals surface area contributed by atoms with Gasteiger partial charge in [-0.15, -0.1) is 15.8 Å². The Hall–Kier alpha value is 0.0135. The van der Waals surface area contributed by atoms with Crippen LogP contribution < -0.4 is 0 Å². The van der Waals surface area contributed by atoms with E-state index >= 15 is 0 Å². The van der Waals surface area contributed by atoms with Crippen molar-refractivity contribution >= 4 is 41.6 Å². The molecule has 0 fully saturated rings. The molecule has 0 spiro atoms. The number of fused-ring (bicyclic) bond motifs is 1. The Kier molecular flexibility index (Phi) is 17.8. The average Bonchev–Trinajstić information content (AvgIpc) is 2.76. The van der Waals surface area contributed by atoms with Gasteiger partial charge >= 0.3 is 92.1 Å². The predicted octanol–water partition coefficient (Wildman–Crippen LogP) is 8.27. The maximum absolute atomic E-state index is 11.5. The second-order valence-electron chi connectivity index (χ2n) is 6.07. The minimum atomic E-state index is -0.0871. The zero-order chi connectivity index (χ0) is 21.4. The summed E-state index contributed by atoms with van der Waals surface area (Å²) in [5.41, 5.74) is 0.679. The van der Waals surface area contributed by atoms with E-state index in [9.17, 15) is 4.79 Å². The molecule has 2 aromatic carbocycles. The first kappa shape index (κ1) is 28.0. The van der Waals surface area contributed by atoms with Gasteiger partial charge in [-0.05, 0) is 37.0 Å². The van der Waals surface area contributed by atoms with Crippen LogP contribution in [-0.4, -0.2) is 41.7 Å². The summed E-state index contributed by atoms with van der Waals surface area (Å²) in [4.78, 5) is 11.5. The van der Waals surface area contributed by atoms with Crippen LogP contribution >= 0.6 is 26.0 Å². The van der Waals surface area contributed by atoms with Gasteiger partial charge < -0.3 is 0 Å². The van der Waals surface area contributed by atoms with Crippen molar-refractivity contribution < 1.29 is 18.3 Å². The van der Waals surface area contributed by atoms with E-state index in [-0.39, 0.29) is 4.75 Å². The van der Waals surface area contributed by atoms with Crippen molar-refractivity contribution in [2.24, 2.45) is 0 Å². The van der Waals surface area contributed by atoms with E-state index in [1.165, 1.54) is 37.0 Å². The Labute approximate surface area is 186 Å². The number of hydrogen-bond acceptors (Lipinski definition) is 1. The van der Waals surface area contributed by atoms with Gasteiger partial charge in [0.15, 0.2) is 0 Å². The predicted molar refractivity (Wildman–Crippen MR) is 131 cm³/mol. The van der Waals surface area contributed by atoms with Crippen LogP contribution in [0.25, 0.3) is 10.8 Å². The molecule has 0 saturated carbocycles. The van der Waals surface area contributed by atoms with Gasteiger partial charge in [0.2, 0.25) is 0 Å². The second kappa shape index (κ2) is 17.8. The number of carbonyl (C=O) groups is 1. The number of hydrogen-bond donors (Lipinski definition) is 0. The molecule has 2 aromatic rings. The molecule has 0 radical (unpaired) electrons. The molecule has 5 heteroatoms. The topological polar surface area (TPSA) is 17.1 Å². The molecule has 28 heavy (non-hydrogen) atoms. The van der Waals surface area contributed by atoms with E-state index in [0.29, 0.717) is 35.0 Å². The summed E-state index contributed by atoms with van der Waals surface area (Å²) >= 11 is 0.553. The van der Waals surface area contributed by atoms with E-state index < -0.39 is 0 Å². The summed E-state index contributed by atoms with van der Waals surface area (Å²) in [5.74, 6) is 0. The first-order chi connectivity index (χ1) is 13.5. The average molecular weight is 486 g/mol. The van der Waals surface area contributed by atoms with Crippen molar-refractivity contribution in [3.63, 3.8) is 0 Å². The van der Waals surface area contributed by atoms with Crippen molar-refractivity contribution in [1.82, 2.24) is 0 Å². The van der Waals surface area contributed by atoms with Gasteiger partial charge in [-0.1, -0.05) is 41.5 Å². The first-order valence-electron chi connectivity index (χ1n) is 10.2. The van der Waals surface area contributed by atoms with E-state index in [0.717, 1.165) is 10.8 Å². The summed E-state index contributed by atoms with van der Waals surface area (Å²) in [6.45, 7) is 13.7. The SMILES string of the molecule is CCP(CC)CC.CCP(CC)CC.O=[C]([Ni][Cl])c1cccc2ccccc12. The van der Waals surface area contributed by atoms with Crippen LogP contribution in [0.3, 0.4) is 0 Å². The van der Waals surface area contributed by atoms with Gasteiger partial charge in [0.25, 0.3) is 0 Å². The number of carbonyl (C=O) groups excluding carboxylic acids is 1. The van der Waals surface area contributed by atoms with Crippen LogP contribution in [0.4, 0.5) is 0 Å². The van der Waals surface area contributed by atoms with Gasteiger partial charge in [0.05, 0.1) is 0 Å². The third kappa shape index (κ3) is 10.7. The quantitative estimate of drug-likeness (QED) is 0.272. The third-order valence-electron chi connectivity index (χ3n) is 4.72. The van der Waals surface area contributed by atoms with Crippen LogP contribution in [-0.2, 0) is 13.5 Å². The molecule has 0 saturated heterocycles. The van der Waals surface area contributed by atoms with E-state index in [2.05, 4.69) is 41.5 Å².